The Labute approximate surface area is 228 Å². The van der Waals surface area contributed by atoms with E-state index >= 15 is 0 Å². The first-order valence-electron chi connectivity index (χ1n) is 12.3. The predicted octanol–water partition coefficient (Wildman–Crippen LogP) is 6.61. The smallest absolute Gasteiger partial charge is 0.345 e. The maximum Gasteiger partial charge on any atom is 0.345 e. The van der Waals surface area contributed by atoms with Crippen LogP contribution in [0.1, 0.15) is 44.4 Å². The van der Waals surface area contributed by atoms with Crippen LogP contribution in [0.25, 0.3) is 0 Å². The highest BCUT2D eigenvalue weighted by Gasteiger charge is 2.62. The lowest BCUT2D eigenvalue weighted by Gasteiger charge is -2.45. The number of nitrogens with zero attached hydrogens (tertiary/aromatic N) is 1. The highest BCUT2D eigenvalue weighted by atomic mass is 35.5. The molecule has 4 aromatic carbocycles. The monoisotopic (exact) mass is 539 g/mol. The Morgan fingerprint density at radius 3 is 1.71 bits per heavy atom. The molecule has 7 heteroatoms. The number of carbonyl (C=O) groups excluding carboxylic acids is 3. The molecule has 186 valence electrons. The lowest BCUT2D eigenvalue weighted by molar-refractivity contribution is -0.122. The number of esters is 1. The second-order valence-corrected chi connectivity index (χ2v) is 10.6. The number of rotatable bonds is 3. The quantitative estimate of drug-likeness (QED) is 0.167. The number of halogens is 2. The first-order chi connectivity index (χ1) is 18.5. The van der Waals surface area contributed by atoms with E-state index in [9.17, 15) is 14.4 Å². The van der Waals surface area contributed by atoms with Gasteiger partial charge in [0.25, 0.3) is 0 Å². The highest BCUT2D eigenvalue weighted by molar-refractivity contribution is 6.36. The van der Waals surface area contributed by atoms with E-state index < -0.39 is 17.8 Å². The molecule has 1 fully saturated rings. The largest absolute Gasteiger partial charge is 0.421 e. The van der Waals surface area contributed by atoms with Gasteiger partial charge in [-0.25, -0.2) is 9.69 Å². The summed E-state index contributed by atoms with van der Waals surface area (Å²) in [5, 5.41) is 0.533. The summed E-state index contributed by atoms with van der Waals surface area (Å²) >= 11 is 12.2. The van der Waals surface area contributed by atoms with Crippen molar-refractivity contribution in [3.8, 4) is 5.75 Å². The summed E-state index contributed by atoms with van der Waals surface area (Å²) in [6, 6.07) is 27.2. The molecule has 1 saturated heterocycles. The maximum absolute atomic E-state index is 14.1. The van der Waals surface area contributed by atoms with E-state index in [2.05, 4.69) is 24.3 Å². The molecule has 4 aliphatic rings. The third-order valence-corrected chi connectivity index (χ3v) is 8.46. The Balaban J connectivity index is 1.30. The van der Waals surface area contributed by atoms with Crippen LogP contribution >= 0.6 is 23.2 Å². The number of benzene rings is 4. The Morgan fingerprint density at radius 2 is 1.18 bits per heavy atom. The molecule has 5 nitrogen and oxygen atoms in total. The van der Waals surface area contributed by atoms with Gasteiger partial charge in [0.15, 0.2) is 5.75 Å². The zero-order valence-electron chi connectivity index (χ0n) is 19.8. The molecule has 1 aliphatic heterocycles. The van der Waals surface area contributed by atoms with E-state index in [1.807, 2.05) is 24.3 Å². The van der Waals surface area contributed by atoms with Crippen molar-refractivity contribution in [2.75, 3.05) is 4.90 Å². The van der Waals surface area contributed by atoms with E-state index in [-0.39, 0.29) is 45.7 Å². The Morgan fingerprint density at radius 1 is 0.684 bits per heavy atom. The van der Waals surface area contributed by atoms with Crippen LogP contribution in [0, 0.1) is 11.8 Å². The van der Waals surface area contributed by atoms with Crippen molar-refractivity contribution in [2.45, 2.75) is 11.8 Å². The van der Waals surface area contributed by atoms with Gasteiger partial charge in [-0.2, -0.15) is 0 Å². The second-order valence-electron chi connectivity index (χ2n) is 9.76. The van der Waals surface area contributed by atoms with Gasteiger partial charge in [-0.15, -0.1) is 0 Å². The zero-order valence-corrected chi connectivity index (χ0v) is 21.3. The summed E-state index contributed by atoms with van der Waals surface area (Å²) in [7, 11) is 0. The molecule has 0 radical (unpaired) electrons. The topological polar surface area (TPSA) is 63.7 Å². The van der Waals surface area contributed by atoms with E-state index in [1.165, 1.54) is 17.0 Å². The molecule has 2 bridgehead atoms. The van der Waals surface area contributed by atoms with Crippen molar-refractivity contribution >= 4 is 46.7 Å². The summed E-state index contributed by atoms with van der Waals surface area (Å²) in [4.78, 5) is 42.4. The second kappa shape index (κ2) is 8.55. The van der Waals surface area contributed by atoms with E-state index in [1.54, 1.807) is 30.3 Å². The predicted molar refractivity (Wildman–Crippen MR) is 144 cm³/mol. The summed E-state index contributed by atoms with van der Waals surface area (Å²) < 4.78 is 5.70. The number of amides is 2. The minimum absolute atomic E-state index is 0.103. The fourth-order valence-electron chi connectivity index (χ4n) is 6.45. The average molecular weight is 540 g/mol. The average Bonchev–Trinajstić information content (AvgIpc) is 3.19. The van der Waals surface area contributed by atoms with Gasteiger partial charge in [0.2, 0.25) is 11.8 Å². The molecule has 3 aliphatic carbocycles. The fraction of sp³-hybridized carbons (Fsp3) is 0.129. The maximum atomic E-state index is 14.1. The Bertz CT molecular complexity index is 1570. The summed E-state index contributed by atoms with van der Waals surface area (Å²) in [6.45, 7) is 0. The molecule has 0 spiro atoms. The number of hydrogen-bond donors (Lipinski definition) is 0. The fourth-order valence-corrected chi connectivity index (χ4v) is 6.94. The molecule has 1 heterocycles. The van der Waals surface area contributed by atoms with Crippen molar-refractivity contribution in [2.24, 2.45) is 11.8 Å². The van der Waals surface area contributed by atoms with Gasteiger partial charge in [-0.3, -0.25) is 9.59 Å². The molecule has 38 heavy (non-hydrogen) atoms. The minimum Gasteiger partial charge on any atom is -0.421 e. The van der Waals surface area contributed by atoms with E-state index in [0.29, 0.717) is 5.02 Å². The van der Waals surface area contributed by atoms with Crippen LogP contribution in [0.2, 0.25) is 10.0 Å². The molecule has 0 saturated carbocycles. The number of ether oxygens (including phenoxy) is 1. The lowest BCUT2D eigenvalue weighted by atomic mass is 9.55. The Kier molecular flexibility index (Phi) is 5.22. The van der Waals surface area contributed by atoms with Gasteiger partial charge >= 0.3 is 5.97 Å². The van der Waals surface area contributed by atoms with Crippen LogP contribution in [0.3, 0.4) is 0 Å². The van der Waals surface area contributed by atoms with Crippen LogP contribution in [0.5, 0.6) is 5.75 Å². The van der Waals surface area contributed by atoms with Crippen molar-refractivity contribution < 1.29 is 19.1 Å². The van der Waals surface area contributed by atoms with Crippen LogP contribution in [0.15, 0.2) is 91.0 Å². The molecular formula is C31H19Cl2NO4. The summed E-state index contributed by atoms with van der Waals surface area (Å²) in [6.07, 6.45) is 0. The van der Waals surface area contributed by atoms with Gasteiger partial charge in [0, 0.05) is 16.9 Å². The van der Waals surface area contributed by atoms with Gasteiger partial charge < -0.3 is 4.74 Å². The Hall–Kier alpha value is -3.93. The number of para-hydroxylation sites is 2. The molecular weight excluding hydrogens is 521 g/mol. The van der Waals surface area contributed by atoms with Crippen molar-refractivity contribution in [1.82, 2.24) is 0 Å². The van der Waals surface area contributed by atoms with Gasteiger partial charge in [0.05, 0.1) is 28.1 Å². The van der Waals surface area contributed by atoms with Gasteiger partial charge in [-0.1, -0.05) is 83.9 Å². The first-order valence-corrected chi connectivity index (χ1v) is 13.0. The number of hydrogen-bond acceptors (Lipinski definition) is 4. The molecule has 2 atom stereocenters. The van der Waals surface area contributed by atoms with Crippen LogP contribution in [-0.4, -0.2) is 17.8 Å². The molecule has 0 unspecified atom stereocenters. The SMILES string of the molecule is O=C(Oc1ccccc1N1C(=O)[C@H]2C3c4ccccc4C(c4ccccc43)[C@@H]2C1=O)c1ccc(Cl)cc1Cl. The highest BCUT2D eigenvalue weighted by Crippen LogP contribution is 2.61. The minimum atomic E-state index is -0.712. The van der Waals surface area contributed by atoms with Crippen LogP contribution in [-0.2, 0) is 9.59 Å². The van der Waals surface area contributed by atoms with Gasteiger partial charge in [-0.05, 0) is 52.6 Å². The first kappa shape index (κ1) is 23.2. The number of imide groups is 1. The van der Waals surface area contributed by atoms with Crippen molar-refractivity contribution in [3.05, 3.63) is 129 Å². The molecule has 8 rings (SSSR count). The normalized spacial score (nSPS) is 22.6. The molecule has 0 aromatic heterocycles. The van der Waals surface area contributed by atoms with Crippen LogP contribution < -0.4 is 9.64 Å². The van der Waals surface area contributed by atoms with E-state index in [0.717, 1.165) is 22.3 Å². The lowest BCUT2D eigenvalue weighted by Crippen LogP contribution is -2.41. The molecule has 4 aromatic rings. The van der Waals surface area contributed by atoms with Crippen molar-refractivity contribution in [1.29, 1.82) is 0 Å². The van der Waals surface area contributed by atoms with E-state index in [4.69, 9.17) is 27.9 Å². The van der Waals surface area contributed by atoms with Crippen LogP contribution in [0.4, 0.5) is 5.69 Å². The summed E-state index contributed by atoms with van der Waals surface area (Å²) in [5.41, 5.74) is 4.75. The summed E-state index contributed by atoms with van der Waals surface area (Å²) in [5.74, 6) is -2.69. The van der Waals surface area contributed by atoms with Crippen molar-refractivity contribution in [3.63, 3.8) is 0 Å². The molecule has 2 amide bonds. The third-order valence-electron chi connectivity index (χ3n) is 7.91. The zero-order chi connectivity index (χ0) is 26.1. The number of carbonyl (C=O) groups is 3. The number of anilines is 1. The third kappa shape index (κ3) is 3.22. The molecule has 0 N–H and O–H groups in total. The van der Waals surface area contributed by atoms with Gasteiger partial charge in [0.1, 0.15) is 0 Å². The standard InChI is InChI=1S/C31H19Cl2NO4/c32-16-13-14-21(22(33)15-16)31(37)38-24-12-6-5-11-23(24)34-29(35)27-25-17-7-1-2-8-18(17)26(28(27)30(34)36)20-10-4-3-9-19(20)25/h1-15,25-28H/t25?,26?,27-,28-/m0/s1.